The first-order chi connectivity index (χ1) is 36.2. The normalized spacial score (nSPS) is 30.2. The molecule has 3 fully saturated rings. The third kappa shape index (κ3) is 16.6. The van der Waals surface area contributed by atoms with Crippen LogP contribution in [0.25, 0.3) is 0 Å². The van der Waals surface area contributed by atoms with E-state index in [2.05, 4.69) is 4.74 Å². The molecule has 4 aromatic rings. The molecule has 3 aliphatic heterocycles. The Hall–Kier alpha value is -4.29. The maximum absolute atomic E-state index is 12.1. The number of ether oxygens (including phenoxy) is 11. The summed E-state index contributed by atoms with van der Waals surface area (Å²) in [4.78, 5) is 11.4. The molecule has 0 aliphatic carbocycles. The number of aliphatic hydroxyl groups excluding tert-OH is 6. The minimum Gasteiger partial charge on any atom is -0.469 e. The van der Waals surface area contributed by atoms with Gasteiger partial charge >= 0.3 is 5.97 Å². The maximum atomic E-state index is 12.1. The van der Waals surface area contributed by atoms with Crippen LogP contribution in [0.1, 0.15) is 67.2 Å². The standard InChI is InChI=1S/C56H74O18/c1-64-44(59)28-18-4-2-3-5-19-29-66-54-47(62)46(61)49(42(31-58)71-54)73-55-48(63)51(45(60)41(30-57)70-55)74-56-53(69-35-40-26-16-9-17-27-40)52(68-34-39-24-14-8-15-25-39)50(67-33-38-22-12-7-13-23-38)43(72-56)36-65-32-37-20-10-6-11-21-37/h6-17,20-27,41-43,45-58,60-63H,2-5,18-19,28-36H2,1H3/t41-,42-,43-,45+,46-,47-,48-,49-,50+,51+,52+,53-,54-,55+,56-/m1/s1. The number of esters is 1. The van der Waals surface area contributed by atoms with Gasteiger partial charge in [0.05, 0.1) is 53.4 Å². The average molecular weight is 1040 g/mol. The summed E-state index contributed by atoms with van der Waals surface area (Å²) in [5.74, 6) is -0.229. The van der Waals surface area contributed by atoms with Gasteiger partial charge < -0.3 is 82.7 Å². The van der Waals surface area contributed by atoms with E-state index in [0.717, 1.165) is 54.4 Å². The van der Waals surface area contributed by atoms with Crippen molar-refractivity contribution in [1.29, 1.82) is 0 Å². The van der Waals surface area contributed by atoms with Crippen LogP contribution in [0.2, 0.25) is 0 Å². The highest BCUT2D eigenvalue weighted by Gasteiger charge is 2.55. The summed E-state index contributed by atoms with van der Waals surface area (Å²) >= 11 is 0. The molecule has 0 unspecified atom stereocenters. The van der Waals surface area contributed by atoms with Crippen molar-refractivity contribution in [3.63, 3.8) is 0 Å². The summed E-state index contributed by atoms with van der Waals surface area (Å²) < 4.78 is 68.6. The number of unbranched alkanes of at least 4 members (excludes halogenated alkanes) is 5. The van der Waals surface area contributed by atoms with Crippen molar-refractivity contribution in [3.8, 4) is 0 Å². The highest BCUT2D eigenvalue weighted by Crippen LogP contribution is 2.36. The first kappa shape index (κ1) is 57.4. The second-order valence-electron chi connectivity index (χ2n) is 18.8. The van der Waals surface area contributed by atoms with Gasteiger partial charge in [0.15, 0.2) is 18.9 Å². The molecule has 0 radical (unpaired) electrons. The van der Waals surface area contributed by atoms with Gasteiger partial charge in [-0.2, -0.15) is 0 Å². The average Bonchev–Trinajstić information content (AvgIpc) is 3.43. The molecule has 0 saturated carbocycles. The molecule has 18 nitrogen and oxygen atoms in total. The van der Waals surface area contributed by atoms with Crippen molar-refractivity contribution in [2.45, 2.75) is 163 Å². The predicted octanol–water partition coefficient (Wildman–Crippen LogP) is 4.25. The van der Waals surface area contributed by atoms with Crippen LogP contribution in [0.5, 0.6) is 0 Å². The lowest BCUT2D eigenvalue weighted by molar-refractivity contribution is -0.385. The lowest BCUT2D eigenvalue weighted by atomic mass is 9.95. The molecule has 18 heteroatoms. The van der Waals surface area contributed by atoms with E-state index < -0.39 is 105 Å². The predicted molar refractivity (Wildman–Crippen MR) is 265 cm³/mol. The Balaban J connectivity index is 1.10. The monoisotopic (exact) mass is 1030 g/mol. The number of benzene rings is 4. The summed E-state index contributed by atoms with van der Waals surface area (Å²) in [6.07, 6.45) is -15.6. The molecule has 0 bridgehead atoms. The van der Waals surface area contributed by atoms with Gasteiger partial charge in [0.2, 0.25) is 0 Å². The van der Waals surface area contributed by atoms with Gasteiger partial charge in [0.1, 0.15) is 73.2 Å². The van der Waals surface area contributed by atoms with Crippen molar-refractivity contribution in [3.05, 3.63) is 144 Å². The Morgan fingerprint density at radius 2 is 0.919 bits per heavy atom. The molecular weight excluding hydrogens is 961 g/mol. The number of methoxy groups -OCH3 is 1. The molecule has 3 aliphatic rings. The fraction of sp³-hybridized carbons (Fsp3) is 0.554. The molecule has 4 aromatic carbocycles. The van der Waals surface area contributed by atoms with Crippen molar-refractivity contribution in [1.82, 2.24) is 0 Å². The SMILES string of the molecule is COC(=O)CCCCCCCCO[C@@H]1O[C@H](CO)[C@@H](O[C@@H]2O[C@H](CO)[C@H](O)[C@H](O[C@H]3O[C@H](COCc4ccccc4)[C@H](OCc4ccccc4)[C@H](OCc4ccccc4)[C@H]3OCc3ccccc3)[C@H]2O)[C@H](O)[C@H]1O. The van der Waals surface area contributed by atoms with E-state index in [1.54, 1.807) is 0 Å². The van der Waals surface area contributed by atoms with Crippen molar-refractivity contribution >= 4 is 5.97 Å². The quantitative estimate of drug-likeness (QED) is 0.0329. The summed E-state index contributed by atoms with van der Waals surface area (Å²) in [6.45, 7) is -0.634. The summed E-state index contributed by atoms with van der Waals surface area (Å²) in [7, 11) is 1.37. The largest absolute Gasteiger partial charge is 0.469 e. The van der Waals surface area contributed by atoms with Crippen LogP contribution in [-0.4, -0.2) is 162 Å². The minimum atomic E-state index is -1.84. The van der Waals surface area contributed by atoms with Gasteiger partial charge in [-0.3, -0.25) is 4.79 Å². The fourth-order valence-electron chi connectivity index (χ4n) is 9.23. The number of carbonyl (C=O) groups is 1. The fourth-order valence-corrected chi connectivity index (χ4v) is 9.23. The van der Waals surface area contributed by atoms with E-state index in [0.29, 0.717) is 12.8 Å². The van der Waals surface area contributed by atoms with E-state index in [1.807, 2.05) is 121 Å². The van der Waals surface area contributed by atoms with Crippen molar-refractivity contribution in [2.24, 2.45) is 0 Å². The zero-order valence-corrected chi connectivity index (χ0v) is 41.9. The second kappa shape index (κ2) is 30.5. The highest BCUT2D eigenvalue weighted by atomic mass is 16.8. The van der Waals surface area contributed by atoms with Crippen molar-refractivity contribution in [2.75, 3.05) is 33.5 Å². The van der Waals surface area contributed by atoms with E-state index in [4.69, 9.17) is 47.4 Å². The molecule has 406 valence electrons. The summed E-state index contributed by atoms with van der Waals surface area (Å²) in [5, 5.41) is 67.6. The van der Waals surface area contributed by atoms with E-state index in [-0.39, 0.29) is 45.6 Å². The Kier molecular flexibility index (Phi) is 23.6. The Labute approximate surface area is 432 Å². The molecule has 74 heavy (non-hydrogen) atoms. The summed E-state index contributed by atoms with van der Waals surface area (Å²) in [6, 6.07) is 38.3. The van der Waals surface area contributed by atoms with Crippen LogP contribution in [-0.2, 0) is 83.3 Å². The number of carbonyl (C=O) groups excluding carboxylic acids is 1. The first-order valence-electron chi connectivity index (χ1n) is 25.6. The van der Waals surface area contributed by atoms with Gasteiger partial charge in [-0.05, 0) is 35.1 Å². The van der Waals surface area contributed by atoms with Crippen LogP contribution in [0, 0.1) is 0 Å². The third-order valence-electron chi connectivity index (χ3n) is 13.4. The van der Waals surface area contributed by atoms with Gasteiger partial charge in [-0.25, -0.2) is 0 Å². The Morgan fingerprint density at radius 3 is 1.47 bits per heavy atom. The molecule has 3 saturated heterocycles. The lowest BCUT2D eigenvalue weighted by Crippen LogP contribution is -2.67. The van der Waals surface area contributed by atoms with E-state index in [1.165, 1.54) is 7.11 Å². The van der Waals surface area contributed by atoms with Gasteiger partial charge in [0, 0.05) is 13.0 Å². The van der Waals surface area contributed by atoms with Gasteiger partial charge in [-0.1, -0.05) is 147 Å². The Bertz CT molecular complexity index is 2140. The Morgan fingerprint density at radius 1 is 0.446 bits per heavy atom. The van der Waals surface area contributed by atoms with Gasteiger partial charge in [-0.15, -0.1) is 0 Å². The summed E-state index contributed by atoms with van der Waals surface area (Å²) in [5.41, 5.74) is 3.51. The second-order valence-corrected chi connectivity index (χ2v) is 18.8. The molecule has 0 aromatic heterocycles. The topological polar surface area (TPSA) is 240 Å². The van der Waals surface area contributed by atoms with Crippen LogP contribution >= 0.6 is 0 Å². The lowest BCUT2D eigenvalue weighted by Gasteiger charge is -2.49. The third-order valence-corrected chi connectivity index (χ3v) is 13.4. The smallest absolute Gasteiger partial charge is 0.305 e. The first-order valence-corrected chi connectivity index (χ1v) is 25.6. The molecule has 0 amide bonds. The number of rotatable bonds is 29. The van der Waals surface area contributed by atoms with E-state index >= 15 is 0 Å². The van der Waals surface area contributed by atoms with Crippen LogP contribution < -0.4 is 0 Å². The number of hydrogen-bond donors (Lipinski definition) is 6. The molecule has 0 spiro atoms. The highest BCUT2D eigenvalue weighted by molar-refractivity contribution is 5.68. The van der Waals surface area contributed by atoms with E-state index in [9.17, 15) is 35.4 Å². The number of hydrogen-bond acceptors (Lipinski definition) is 18. The maximum Gasteiger partial charge on any atom is 0.305 e. The van der Waals surface area contributed by atoms with Crippen molar-refractivity contribution < 1.29 is 87.5 Å². The molecule has 15 atom stereocenters. The molecule has 3 heterocycles. The molecule has 7 rings (SSSR count). The van der Waals surface area contributed by atoms with Crippen LogP contribution in [0.4, 0.5) is 0 Å². The molecule has 6 N–H and O–H groups in total. The zero-order valence-electron chi connectivity index (χ0n) is 41.9. The number of aliphatic hydroxyl groups is 6. The van der Waals surface area contributed by atoms with Crippen LogP contribution in [0.3, 0.4) is 0 Å². The molecular formula is C56H74O18. The van der Waals surface area contributed by atoms with Gasteiger partial charge in [0.25, 0.3) is 0 Å². The zero-order chi connectivity index (χ0) is 52.1. The van der Waals surface area contributed by atoms with Crippen LogP contribution in [0.15, 0.2) is 121 Å². The minimum absolute atomic E-state index is 0.0103.